The second-order valence-corrected chi connectivity index (χ2v) is 4.39. The highest BCUT2D eigenvalue weighted by Crippen LogP contribution is 2.32. The Labute approximate surface area is 124 Å². The van der Waals surface area contributed by atoms with Gasteiger partial charge in [-0.1, -0.05) is 42.5 Å². The number of hydrogen-bond acceptors (Lipinski definition) is 4. The minimum atomic E-state index is -0.711. The number of nitriles is 1. The molecule has 2 aromatic carbocycles. The molecule has 0 fully saturated rings. The molecule has 4 heteroatoms. The van der Waals surface area contributed by atoms with E-state index in [9.17, 15) is 5.26 Å². The Morgan fingerprint density at radius 2 is 1.52 bits per heavy atom. The Bertz CT molecular complexity index is 607. The fourth-order valence-electron chi connectivity index (χ4n) is 2.04. The second-order valence-electron chi connectivity index (χ2n) is 4.39. The summed E-state index contributed by atoms with van der Waals surface area (Å²) in [7, 11) is 3.08. The van der Waals surface area contributed by atoms with Crippen molar-refractivity contribution in [3.63, 3.8) is 0 Å². The van der Waals surface area contributed by atoms with Crippen molar-refractivity contribution in [3.05, 3.63) is 60.2 Å². The summed E-state index contributed by atoms with van der Waals surface area (Å²) >= 11 is 0. The number of nitrogens with zero attached hydrogens (tertiary/aromatic N) is 1. The van der Waals surface area contributed by atoms with Gasteiger partial charge in [-0.3, -0.25) is 0 Å². The van der Waals surface area contributed by atoms with Crippen LogP contribution in [-0.2, 0) is 4.74 Å². The standard InChI is InChI=1S/C17H17NO3/c1-19-14-10-6-7-11-15(14)21-17(16(12-18)20-2)13-8-4-3-5-9-13/h3-11,16-17H,1-2H3. The lowest BCUT2D eigenvalue weighted by Crippen LogP contribution is -2.24. The molecule has 0 saturated carbocycles. The molecule has 0 aliphatic carbocycles. The molecule has 2 atom stereocenters. The number of hydrogen-bond donors (Lipinski definition) is 0. The number of methoxy groups -OCH3 is 2. The maximum atomic E-state index is 9.28. The topological polar surface area (TPSA) is 51.5 Å². The van der Waals surface area contributed by atoms with E-state index in [1.165, 1.54) is 7.11 Å². The lowest BCUT2D eigenvalue weighted by atomic mass is 10.0. The first-order valence-corrected chi connectivity index (χ1v) is 6.57. The van der Waals surface area contributed by atoms with Gasteiger partial charge in [-0.15, -0.1) is 0 Å². The minimum absolute atomic E-state index is 0.530. The molecule has 2 unspecified atom stereocenters. The number of rotatable bonds is 6. The minimum Gasteiger partial charge on any atom is -0.493 e. The monoisotopic (exact) mass is 283 g/mol. The zero-order chi connectivity index (χ0) is 15.1. The smallest absolute Gasteiger partial charge is 0.184 e. The Balaban J connectivity index is 2.35. The van der Waals surface area contributed by atoms with Crippen LogP contribution in [0.1, 0.15) is 11.7 Å². The number of ether oxygens (including phenoxy) is 3. The molecule has 4 nitrogen and oxygen atoms in total. The molecular weight excluding hydrogens is 266 g/mol. The summed E-state index contributed by atoms with van der Waals surface area (Å²) in [5.74, 6) is 1.19. The van der Waals surface area contributed by atoms with Gasteiger partial charge in [-0.05, 0) is 17.7 Å². The summed E-state index contributed by atoms with van der Waals surface area (Å²) in [6.45, 7) is 0. The second kappa shape index (κ2) is 7.32. The summed E-state index contributed by atoms with van der Waals surface area (Å²) in [6.07, 6.45) is -1.24. The first-order chi connectivity index (χ1) is 10.3. The first kappa shape index (κ1) is 14.9. The first-order valence-electron chi connectivity index (χ1n) is 6.57. The molecule has 0 saturated heterocycles. The molecule has 0 aliphatic rings. The fourth-order valence-corrected chi connectivity index (χ4v) is 2.04. The molecule has 0 aromatic heterocycles. The fraction of sp³-hybridized carbons (Fsp3) is 0.235. The van der Waals surface area contributed by atoms with Crippen LogP contribution in [0.15, 0.2) is 54.6 Å². The van der Waals surface area contributed by atoms with Crippen molar-refractivity contribution in [2.45, 2.75) is 12.2 Å². The van der Waals surface area contributed by atoms with Crippen molar-refractivity contribution in [3.8, 4) is 17.6 Å². The quantitative estimate of drug-likeness (QED) is 0.815. The van der Waals surface area contributed by atoms with Gasteiger partial charge in [0, 0.05) is 7.11 Å². The van der Waals surface area contributed by atoms with Crippen LogP contribution in [0.2, 0.25) is 0 Å². The molecule has 0 heterocycles. The van der Waals surface area contributed by atoms with Crippen LogP contribution in [0, 0.1) is 11.3 Å². The molecule has 0 amide bonds. The Morgan fingerprint density at radius 3 is 2.10 bits per heavy atom. The van der Waals surface area contributed by atoms with E-state index in [1.807, 2.05) is 48.5 Å². The largest absolute Gasteiger partial charge is 0.493 e. The van der Waals surface area contributed by atoms with Crippen molar-refractivity contribution < 1.29 is 14.2 Å². The van der Waals surface area contributed by atoms with E-state index in [0.29, 0.717) is 11.5 Å². The predicted octanol–water partition coefficient (Wildman–Crippen LogP) is 3.35. The van der Waals surface area contributed by atoms with Crippen molar-refractivity contribution in [1.29, 1.82) is 5.26 Å². The highest BCUT2D eigenvalue weighted by molar-refractivity contribution is 5.40. The molecule has 21 heavy (non-hydrogen) atoms. The predicted molar refractivity (Wildman–Crippen MR) is 79.2 cm³/mol. The highest BCUT2D eigenvalue weighted by Gasteiger charge is 2.25. The Morgan fingerprint density at radius 1 is 0.905 bits per heavy atom. The molecule has 0 N–H and O–H groups in total. The van der Waals surface area contributed by atoms with Gasteiger partial charge in [0.25, 0.3) is 0 Å². The normalized spacial score (nSPS) is 13.0. The van der Waals surface area contributed by atoms with Crippen molar-refractivity contribution >= 4 is 0 Å². The summed E-state index contributed by atoms with van der Waals surface area (Å²) in [5, 5.41) is 9.28. The summed E-state index contributed by atoms with van der Waals surface area (Å²) in [6, 6.07) is 19.0. The zero-order valence-electron chi connectivity index (χ0n) is 12.0. The molecule has 0 radical (unpaired) electrons. The third-order valence-corrected chi connectivity index (χ3v) is 3.11. The highest BCUT2D eigenvalue weighted by atomic mass is 16.5. The van der Waals surface area contributed by atoms with Crippen LogP contribution >= 0.6 is 0 Å². The summed E-state index contributed by atoms with van der Waals surface area (Å²) < 4.78 is 16.5. The molecule has 2 rings (SSSR count). The van der Waals surface area contributed by atoms with Gasteiger partial charge in [-0.25, -0.2) is 0 Å². The lowest BCUT2D eigenvalue weighted by Gasteiger charge is -2.23. The molecule has 0 bridgehead atoms. The van der Waals surface area contributed by atoms with E-state index in [2.05, 4.69) is 6.07 Å². The van der Waals surface area contributed by atoms with Crippen molar-refractivity contribution in [1.82, 2.24) is 0 Å². The maximum absolute atomic E-state index is 9.28. The van der Waals surface area contributed by atoms with Crippen molar-refractivity contribution in [2.24, 2.45) is 0 Å². The zero-order valence-corrected chi connectivity index (χ0v) is 12.0. The lowest BCUT2D eigenvalue weighted by molar-refractivity contribution is 0.0342. The maximum Gasteiger partial charge on any atom is 0.184 e. The molecule has 108 valence electrons. The van der Waals surface area contributed by atoms with Crippen LogP contribution in [-0.4, -0.2) is 20.3 Å². The van der Waals surface area contributed by atoms with Gasteiger partial charge in [0.1, 0.15) is 0 Å². The van der Waals surface area contributed by atoms with Gasteiger partial charge < -0.3 is 14.2 Å². The Kier molecular flexibility index (Phi) is 5.19. The van der Waals surface area contributed by atoms with E-state index in [1.54, 1.807) is 13.2 Å². The third kappa shape index (κ3) is 3.53. The molecular formula is C17H17NO3. The average Bonchev–Trinajstić information content (AvgIpc) is 2.56. The van der Waals surface area contributed by atoms with Gasteiger partial charge in [0.05, 0.1) is 13.2 Å². The van der Waals surface area contributed by atoms with Crippen molar-refractivity contribution in [2.75, 3.05) is 14.2 Å². The van der Waals surface area contributed by atoms with Gasteiger partial charge >= 0.3 is 0 Å². The van der Waals surface area contributed by atoms with Crippen LogP contribution in [0.5, 0.6) is 11.5 Å². The SMILES string of the molecule is COc1ccccc1OC(c1ccccc1)C(C#N)OC. The van der Waals surface area contributed by atoms with Gasteiger partial charge in [0.15, 0.2) is 23.7 Å². The van der Waals surface area contributed by atoms with Crippen LogP contribution < -0.4 is 9.47 Å². The average molecular weight is 283 g/mol. The van der Waals surface area contributed by atoms with E-state index >= 15 is 0 Å². The van der Waals surface area contributed by atoms with E-state index in [-0.39, 0.29) is 0 Å². The van der Waals surface area contributed by atoms with Gasteiger partial charge in [0.2, 0.25) is 0 Å². The van der Waals surface area contributed by atoms with Crippen LogP contribution in [0.3, 0.4) is 0 Å². The third-order valence-electron chi connectivity index (χ3n) is 3.11. The number of para-hydroxylation sites is 2. The summed E-state index contributed by atoms with van der Waals surface area (Å²) in [5.41, 5.74) is 0.872. The summed E-state index contributed by atoms with van der Waals surface area (Å²) in [4.78, 5) is 0. The molecule has 2 aromatic rings. The van der Waals surface area contributed by atoms with E-state index < -0.39 is 12.2 Å². The van der Waals surface area contributed by atoms with Crippen LogP contribution in [0.4, 0.5) is 0 Å². The van der Waals surface area contributed by atoms with E-state index in [4.69, 9.17) is 14.2 Å². The Hall–Kier alpha value is -2.51. The molecule has 0 spiro atoms. The van der Waals surface area contributed by atoms with Gasteiger partial charge in [-0.2, -0.15) is 5.26 Å². The number of benzene rings is 2. The van der Waals surface area contributed by atoms with E-state index in [0.717, 1.165) is 5.56 Å². The van der Waals surface area contributed by atoms with Crippen LogP contribution in [0.25, 0.3) is 0 Å². The molecule has 0 aliphatic heterocycles.